The highest BCUT2D eigenvalue weighted by atomic mass is 19.4. The highest BCUT2D eigenvalue weighted by molar-refractivity contribution is 5.83. The largest absolute Gasteiger partial charge is 0.573 e. The molecule has 41 heavy (non-hydrogen) atoms. The number of carbonyl (C=O) groups excluding carboxylic acids is 1. The van der Waals surface area contributed by atoms with Gasteiger partial charge in [0.15, 0.2) is 6.61 Å². The Bertz CT molecular complexity index is 1320. The van der Waals surface area contributed by atoms with Crippen LogP contribution in [0.4, 0.5) is 32.2 Å². The van der Waals surface area contributed by atoms with Crippen molar-refractivity contribution in [1.29, 1.82) is 0 Å². The molecule has 1 fully saturated rings. The first-order valence-electron chi connectivity index (χ1n) is 12.4. The number of carboxylic acids is 1. The van der Waals surface area contributed by atoms with Crippen LogP contribution in [-0.4, -0.2) is 53.2 Å². The lowest BCUT2D eigenvalue weighted by Crippen LogP contribution is -2.42. The van der Waals surface area contributed by atoms with Crippen molar-refractivity contribution in [2.24, 2.45) is 0 Å². The number of nitrogens with one attached hydrogen (secondary N) is 2. The lowest BCUT2D eigenvalue weighted by Gasteiger charge is -2.30. The molecule has 3 N–H and O–H groups in total. The van der Waals surface area contributed by atoms with Crippen molar-refractivity contribution >= 4 is 28.6 Å². The zero-order valence-electron chi connectivity index (χ0n) is 21.7. The maximum absolute atomic E-state index is 12.2. The molecule has 0 radical (unpaired) electrons. The number of anilines is 1. The second-order valence-electron chi connectivity index (χ2n) is 9.21. The van der Waals surface area contributed by atoms with Gasteiger partial charge in [0.05, 0.1) is 5.52 Å². The Morgan fingerprint density at radius 3 is 2.07 bits per heavy atom. The Kier molecular flexibility index (Phi) is 10.2. The van der Waals surface area contributed by atoms with Gasteiger partial charge in [-0.2, -0.15) is 13.2 Å². The van der Waals surface area contributed by atoms with Gasteiger partial charge in [-0.3, -0.25) is 4.79 Å². The standard InChI is InChI=1S/C25H26F3N3O3.C2HF3O2/c1-16-14-23(31-22-5-3-2-4-21(16)22)29-17-6-8-18(9-7-17)30-24(32)15-33-19-10-12-20(13-11-19)34-25(26,27)28;3-2(4,5)1(6)7/h2-5,10-14,17-18H,6-9,15H2,1H3,(H,29,31)(H,30,32);(H,6,7)/t17-,18+;. The number of benzene rings is 2. The molecule has 8 nitrogen and oxygen atoms in total. The molecule has 4 rings (SSSR count). The van der Waals surface area contributed by atoms with Gasteiger partial charge in [0.25, 0.3) is 5.91 Å². The number of rotatable bonds is 7. The molecule has 1 aliphatic carbocycles. The summed E-state index contributed by atoms with van der Waals surface area (Å²) in [7, 11) is 0. The highest BCUT2D eigenvalue weighted by Crippen LogP contribution is 2.26. The third-order valence-electron chi connectivity index (χ3n) is 6.04. The van der Waals surface area contributed by atoms with E-state index < -0.39 is 18.5 Å². The summed E-state index contributed by atoms with van der Waals surface area (Å²) >= 11 is 0. The first-order valence-corrected chi connectivity index (χ1v) is 12.4. The van der Waals surface area contributed by atoms with E-state index in [1.54, 1.807) is 0 Å². The molecular weight excluding hydrogens is 560 g/mol. The summed E-state index contributed by atoms with van der Waals surface area (Å²) in [6.45, 7) is 1.87. The van der Waals surface area contributed by atoms with Crippen LogP contribution in [0, 0.1) is 6.92 Å². The summed E-state index contributed by atoms with van der Waals surface area (Å²) in [6.07, 6.45) is -6.36. The van der Waals surface area contributed by atoms with Crippen LogP contribution < -0.4 is 20.1 Å². The van der Waals surface area contributed by atoms with Crippen molar-refractivity contribution in [2.75, 3.05) is 11.9 Å². The fraction of sp³-hybridized carbons (Fsp3) is 0.370. The minimum Gasteiger partial charge on any atom is -0.484 e. The summed E-state index contributed by atoms with van der Waals surface area (Å²) in [5.41, 5.74) is 2.14. The van der Waals surface area contributed by atoms with Gasteiger partial charge in [-0.25, -0.2) is 9.78 Å². The van der Waals surface area contributed by atoms with Gasteiger partial charge in [-0.15, -0.1) is 13.2 Å². The van der Waals surface area contributed by atoms with E-state index in [2.05, 4.69) is 34.4 Å². The second kappa shape index (κ2) is 13.4. The molecule has 1 heterocycles. The number of amides is 1. The zero-order chi connectivity index (χ0) is 30.2. The molecule has 0 atom stereocenters. The van der Waals surface area contributed by atoms with Gasteiger partial charge in [0, 0.05) is 17.5 Å². The van der Waals surface area contributed by atoms with E-state index in [-0.39, 0.29) is 36.1 Å². The molecule has 1 aromatic heterocycles. The van der Waals surface area contributed by atoms with Crippen LogP contribution in [0.2, 0.25) is 0 Å². The number of para-hydroxylation sites is 1. The zero-order valence-corrected chi connectivity index (χ0v) is 21.7. The first-order chi connectivity index (χ1) is 19.2. The average Bonchev–Trinajstić information content (AvgIpc) is 2.88. The Morgan fingerprint density at radius 2 is 1.49 bits per heavy atom. The Morgan fingerprint density at radius 1 is 0.927 bits per heavy atom. The number of nitrogens with zero attached hydrogens (tertiary/aromatic N) is 1. The predicted octanol–water partition coefficient (Wildman–Crippen LogP) is 5.99. The second-order valence-corrected chi connectivity index (χ2v) is 9.21. The number of carboxylic acid groups (broad SMARTS) is 1. The first kappa shape index (κ1) is 31.3. The van der Waals surface area contributed by atoms with Crippen LogP contribution in [0.5, 0.6) is 11.5 Å². The molecule has 0 bridgehead atoms. The maximum Gasteiger partial charge on any atom is 0.573 e. The number of carbonyl (C=O) groups is 2. The molecule has 2 aromatic carbocycles. The molecule has 1 saturated carbocycles. The topological polar surface area (TPSA) is 110 Å². The van der Waals surface area contributed by atoms with Gasteiger partial charge in [0.1, 0.15) is 17.3 Å². The molecule has 1 aliphatic rings. The molecule has 1 amide bonds. The predicted molar refractivity (Wildman–Crippen MR) is 137 cm³/mol. The van der Waals surface area contributed by atoms with Gasteiger partial charge in [-0.05, 0) is 74.6 Å². The van der Waals surface area contributed by atoms with Crippen molar-refractivity contribution in [3.63, 3.8) is 0 Å². The Hall–Kier alpha value is -4.23. The van der Waals surface area contributed by atoms with Crippen LogP contribution in [0.25, 0.3) is 10.9 Å². The monoisotopic (exact) mass is 587 g/mol. The van der Waals surface area contributed by atoms with Crippen LogP contribution in [0.15, 0.2) is 54.6 Å². The number of aromatic nitrogens is 1. The van der Waals surface area contributed by atoms with Gasteiger partial charge in [0.2, 0.25) is 0 Å². The van der Waals surface area contributed by atoms with Crippen LogP contribution in [0.1, 0.15) is 31.2 Å². The number of ether oxygens (including phenoxy) is 2. The molecule has 0 spiro atoms. The summed E-state index contributed by atoms with van der Waals surface area (Å²) < 4.78 is 77.5. The van der Waals surface area contributed by atoms with E-state index in [1.807, 2.05) is 18.2 Å². The number of halogens is 6. The summed E-state index contributed by atoms with van der Waals surface area (Å²) in [5.74, 6) is -2.21. The molecule has 0 aliphatic heterocycles. The molecular formula is C27H27F6N3O5. The molecule has 0 unspecified atom stereocenters. The van der Waals surface area contributed by atoms with Gasteiger partial charge < -0.3 is 25.2 Å². The van der Waals surface area contributed by atoms with Crippen LogP contribution in [-0.2, 0) is 9.59 Å². The minimum atomic E-state index is -5.08. The van der Waals surface area contributed by atoms with Crippen molar-refractivity contribution in [1.82, 2.24) is 10.3 Å². The maximum atomic E-state index is 12.2. The lowest BCUT2D eigenvalue weighted by atomic mass is 9.91. The van der Waals surface area contributed by atoms with Crippen LogP contribution >= 0.6 is 0 Å². The number of aryl methyl sites for hydroxylation is 1. The summed E-state index contributed by atoms with van der Waals surface area (Å²) in [4.78, 5) is 25.8. The normalized spacial score (nSPS) is 17.1. The van der Waals surface area contributed by atoms with E-state index in [4.69, 9.17) is 19.6 Å². The quantitative estimate of drug-likeness (QED) is 0.291. The van der Waals surface area contributed by atoms with E-state index in [9.17, 15) is 31.1 Å². The molecule has 0 saturated heterocycles. The number of alkyl halides is 6. The number of hydrogen-bond acceptors (Lipinski definition) is 6. The molecule has 222 valence electrons. The summed E-state index contributed by atoms with van der Waals surface area (Å²) in [5, 5.41) is 14.8. The fourth-order valence-corrected chi connectivity index (χ4v) is 4.17. The number of aliphatic carboxylic acids is 1. The van der Waals surface area contributed by atoms with Gasteiger partial charge in [-0.1, -0.05) is 18.2 Å². The molecule has 14 heteroatoms. The van der Waals surface area contributed by atoms with Crippen molar-refractivity contribution in [3.8, 4) is 11.5 Å². The van der Waals surface area contributed by atoms with E-state index in [0.717, 1.165) is 54.5 Å². The average molecular weight is 588 g/mol. The van der Waals surface area contributed by atoms with Crippen molar-refractivity contribution < 1.29 is 50.5 Å². The number of hydrogen-bond donors (Lipinski definition) is 3. The SMILES string of the molecule is Cc1cc(N[C@H]2CC[C@@H](NC(=O)COc3ccc(OC(F)(F)F)cc3)CC2)nc2ccccc12.O=C(O)C(F)(F)F. The fourth-order valence-electron chi connectivity index (χ4n) is 4.17. The Balaban J connectivity index is 0.000000587. The third-order valence-corrected chi connectivity index (χ3v) is 6.04. The van der Waals surface area contributed by atoms with Crippen LogP contribution in [0.3, 0.4) is 0 Å². The summed E-state index contributed by atoms with van der Waals surface area (Å²) in [6, 6.07) is 15.4. The number of fused-ring (bicyclic) bond motifs is 1. The van der Waals surface area contributed by atoms with Gasteiger partial charge >= 0.3 is 18.5 Å². The molecule has 3 aromatic rings. The van der Waals surface area contributed by atoms with Crippen molar-refractivity contribution in [2.45, 2.75) is 57.2 Å². The number of pyridine rings is 1. The lowest BCUT2D eigenvalue weighted by molar-refractivity contribution is -0.274. The highest BCUT2D eigenvalue weighted by Gasteiger charge is 2.38. The van der Waals surface area contributed by atoms with E-state index >= 15 is 0 Å². The minimum absolute atomic E-state index is 0.0583. The van der Waals surface area contributed by atoms with E-state index in [0.29, 0.717) is 0 Å². The Labute approximate surface area is 230 Å². The smallest absolute Gasteiger partial charge is 0.484 e. The van der Waals surface area contributed by atoms with E-state index in [1.165, 1.54) is 17.7 Å². The third kappa shape index (κ3) is 10.4. The van der Waals surface area contributed by atoms with Crippen molar-refractivity contribution in [3.05, 3.63) is 60.2 Å².